The number of hydrogen-bond acceptors (Lipinski definition) is 2. The molecule has 1 heterocycles. The van der Waals surface area contributed by atoms with Crippen molar-refractivity contribution >= 4 is 10.8 Å². The molecule has 0 unspecified atom stereocenters. The van der Waals surface area contributed by atoms with Crippen LogP contribution in [0.5, 0.6) is 0 Å². The summed E-state index contributed by atoms with van der Waals surface area (Å²) in [5.41, 5.74) is 1.50. The van der Waals surface area contributed by atoms with Gasteiger partial charge in [-0.25, -0.2) is 4.98 Å². The first-order valence-corrected chi connectivity index (χ1v) is 5.02. The van der Waals surface area contributed by atoms with E-state index in [-0.39, 0.29) is 0 Å². The monoisotopic (exact) mass is 196 g/mol. The fourth-order valence-electron chi connectivity index (χ4n) is 1.72. The molecule has 15 heavy (non-hydrogen) atoms. The minimum absolute atomic E-state index is 0.336. The van der Waals surface area contributed by atoms with Gasteiger partial charge in [-0.1, -0.05) is 38.1 Å². The van der Waals surface area contributed by atoms with Crippen LogP contribution in [-0.2, 0) is 0 Å². The van der Waals surface area contributed by atoms with Crippen molar-refractivity contribution in [3.63, 3.8) is 0 Å². The molecule has 1 aromatic heterocycles. The van der Waals surface area contributed by atoms with E-state index in [4.69, 9.17) is 5.26 Å². The van der Waals surface area contributed by atoms with Crippen LogP contribution in [-0.4, -0.2) is 4.98 Å². The van der Waals surface area contributed by atoms with Gasteiger partial charge >= 0.3 is 0 Å². The molecule has 0 bridgehead atoms. The van der Waals surface area contributed by atoms with Gasteiger partial charge in [0.05, 0.1) is 5.69 Å². The molecule has 2 aromatic rings. The van der Waals surface area contributed by atoms with E-state index in [1.807, 2.05) is 24.3 Å². The summed E-state index contributed by atoms with van der Waals surface area (Å²) in [6.45, 7) is 4.19. The largest absolute Gasteiger partial charge is 0.241 e. The zero-order chi connectivity index (χ0) is 10.8. The van der Waals surface area contributed by atoms with Gasteiger partial charge in [0.2, 0.25) is 0 Å². The summed E-state index contributed by atoms with van der Waals surface area (Å²) in [4.78, 5) is 4.36. The highest BCUT2D eigenvalue weighted by atomic mass is 14.7. The van der Waals surface area contributed by atoms with Gasteiger partial charge in [-0.3, -0.25) is 0 Å². The fraction of sp³-hybridized carbons (Fsp3) is 0.231. The van der Waals surface area contributed by atoms with Gasteiger partial charge in [0.15, 0.2) is 0 Å². The highest BCUT2D eigenvalue weighted by Crippen LogP contribution is 2.23. The first-order valence-electron chi connectivity index (χ1n) is 5.02. The second kappa shape index (κ2) is 3.70. The lowest BCUT2D eigenvalue weighted by atomic mass is 10.0. The third-order valence-electron chi connectivity index (χ3n) is 2.43. The highest BCUT2D eigenvalue weighted by Gasteiger charge is 2.08. The van der Waals surface area contributed by atoms with Crippen LogP contribution in [0.15, 0.2) is 30.3 Å². The van der Waals surface area contributed by atoms with Crippen molar-refractivity contribution in [3.8, 4) is 6.07 Å². The molecule has 0 aliphatic heterocycles. The predicted molar refractivity (Wildman–Crippen MR) is 60.5 cm³/mol. The molecule has 0 N–H and O–H groups in total. The summed E-state index contributed by atoms with van der Waals surface area (Å²) >= 11 is 0. The van der Waals surface area contributed by atoms with E-state index in [0.717, 1.165) is 16.5 Å². The van der Waals surface area contributed by atoms with E-state index in [2.05, 4.69) is 31.0 Å². The van der Waals surface area contributed by atoms with Gasteiger partial charge in [0.1, 0.15) is 11.8 Å². The molecule has 2 rings (SSSR count). The van der Waals surface area contributed by atoms with Crippen LogP contribution < -0.4 is 0 Å². The molecule has 2 nitrogen and oxygen atoms in total. The Morgan fingerprint density at radius 2 is 2.00 bits per heavy atom. The number of aromatic nitrogens is 1. The molecule has 0 saturated carbocycles. The first-order chi connectivity index (χ1) is 7.22. The van der Waals surface area contributed by atoms with Crippen molar-refractivity contribution in [1.82, 2.24) is 4.98 Å². The van der Waals surface area contributed by atoms with Crippen LogP contribution in [0, 0.1) is 11.3 Å². The first kappa shape index (κ1) is 9.67. The van der Waals surface area contributed by atoms with E-state index in [1.54, 1.807) is 0 Å². The lowest BCUT2D eigenvalue weighted by molar-refractivity contribution is 0.832. The molecule has 74 valence electrons. The quantitative estimate of drug-likeness (QED) is 0.702. The Labute approximate surface area is 89.2 Å². The van der Waals surface area contributed by atoms with E-state index >= 15 is 0 Å². The van der Waals surface area contributed by atoms with Crippen LogP contribution in [0.4, 0.5) is 0 Å². The Morgan fingerprint density at radius 3 is 2.67 bits per heavy atom. The van der Waals surface area contributed by atoms with Crippen molar-refractivity contribution in [3.05, 3.63) is 41.7 Å². The minimum Gasteiger partial charge on any atom is -0.241 e. The number of rotatable bonds is 1. The maximum atomic E-state index is 8.89. The number of fused-ring (bicyclic) bond motifs is 1. The van der Waals surface area contributed by atoms with Crippen LogP contribution in [0.3, 0.4) is 0 Å². The highest BCUT2D eigenvalue weighted by molar-refractivity contribution is 5.85. The van der Waals surface area contributed by atoms with Crippen LogP contribution in [0.2, 0.25) is 0 Å². The third kappa shape index (κ3) is 1.69. The van der Waals surface area contributed by atoms with Gasteiger partial charge in [-0.05, 0) is 17.4 Å². The fourth-order valence-corrected chi connectivity index (χ4v) is 1.72. The van der Waals surface area contributed by atoms with Crippen LogP contribution >= 0.6 is 0 Å². The van der Waals surface area contributed by atoms with Gasteiger partial charge < -0.3 is 0 Å². The lowest BCUT2D eigenvalue weighted by Gasteiger charge is -2.09. The van der Waals surface area contributed by atoms with Crippen molar-refractivity contribution in [2.45, 2.75) is 19.8 Å². The summed E-state index contributed by atoms with van der Waals surface area (Å²) in [6, 6.07) is 12.0. The third-order valence-corrected chi connectivity index (χ3v) is 2.43. The Balaban J connectivity index is 2.82. The number of benzene rings is 1. The van der Waals surface area contributed by atoms with E-state index < -0.39 is 0 Å². The summed E-state index contributed by atoms with van der Waals surface area (Å²) in [5.74, 6) is 0.336. The molecule has 1 aromatic carbocycles. The molecule has 0 amide bonds. The standard InChI is InChI=1S/C13H12N2/c1-9(2)13-12-6-4-3-5-10(12)7-11(8-14)15-13/h3-7,9H,1-2H3. The topological polar surface area (TPSA) is 36.7 Å². The summed E-state index contributed by atoms with van der Waals surface area (Å²) < 4.78 is 0. The van der Waals surface area contributed by atoms with Gasteiger partial charge in [0, 0.05) is 5.39 Å². The molecule has 0 saturated heterocycles. The normalized spacial score (nSPS) is 10.5. The minimum atomic E-state index is 0.336. The second-order valence-corrected chi connectivity index (χ2v) is 3.88. The van der Waals surface area contributed by atoms with E-state index in [0.29, 0.717) is 11.6 Å². The molecule has 0 aliphatic rings. The zero-order valence-corrected chi connectivity index (χ0v) is 8.86. The molecular weight excluding hydrogens is 184 g/mol. The molecular formula is C13H12N2. The van der Waals surface area contributed by atoms with Gasteiger partial charge in [-0.2, -0.15) is 5.26 Å². The molecule has 0 fully saturated rings. The Hall–Kier alpha value is -1.88. The average molecular weight is 196 g/mol. The average Bonchev–Trinajstić information content (AvgIpc) is 2.27. The van der Waals surface area contributed by atoms with Crippen LogP contribution in [0.1, 0.15) is 31.2 Å². The van der Waals surface area contributed by atoms with E-state index in [1.165, 1.54) is 0 Å². The van der Waals surface area contributed by atoms with Crippen molar-refractivity contribution in [2.75, 3.05) is 0 Å². The Kier molecular flexibility index (Phi) is 2.39. The number of nitrogens with zero attached hydrogens (tertiary/aromatic N) is 2. The summed E-state index contributed by atoms with van der Waals surface area (Å²) in [7, 11) is 0. The zero-order valence-electron chi connectivity index (χ0n) is 8.86. The SMILES string of the molecule is CC(C)c1nc(C#N)cc2ccccc12. The predicted octanol–water partition coefficient (Wildman–Crippen LogP) is 3.23. The molecule has 2 heteroatoms. The second-order valence-electron chi connectivity index (χ2n) is 3.88. The number of hydrogen-bond donors (Lipinski definition) is 0. The molecule has 0 spiro atoms. The van der Waals surface area contributed by atoms with Crippen LogP contribution in [0.25, 0.3) is 10.8 Å². The van der Waals surface area contributed by atoms with E-state index in [9.17, 15) is 0 Å². The summed E-state index contributed by atoms with van der Waals surface area (Å²) in [6.07, 6.45) is 0. The van der Waals surface area contributed by atoms with Gasteiger partial charge in [-0.15, -0.1) is 0 Å². The Morgan fingerprint density at radius 1 is 1.27 bits per heavy atom. The maximum absolute atomic E-state index is 8.89. The van der Waals surface area contributed by atoms with Crippen molar-refractivity contribution in [2.24, 2.45) is 0 Å². The van der Waals surface area contributed by atoms with Gasteiger partial charge in [0.25, 0.3) is 0 Å². The number of pyridine rings is 1. The Bertz CT molecular complexity index is 536. The smallest absolute Gasteiger partial charge is 0.141 e. The number of nitriles is 1. The van der Waals surface area contributed by atoms with Crippen molar-refractivity contribution in [1.29, 1.82) is 5.26 Å². The summed E-state index contributed by atoms with van der Waals surface area (Å²) in [5, 5.41) is 11.1. The molecule has 0 aliphatic carbocycles. The maximum Gasteiger partial charge on any atom is 0.141 e. The molecule has 0 radical (unpaired) electrons. The van der Waals surface area contributed by atoms with Crippen molar-refractivity contribution < 1.29 is 0 Å². The molecule has 0 atom stereocenters. The lowest BCUT2D eigenvalue weighted by Crippen LogP contribution is -1.96.